The SMILES string of the molecule is CCc1ccc(C(C)(C)CNC(=NC)NCc2ccc(N3CCOC(C)C3)nc2)cc1. The molecule has 168 valence electrons. The van der Waals surface area contributed by atoms with Crippen LogP contribution in [0.3, 0.4) is 0 Å². The number of morpholine rings is 1. The highest BCUT2D eigenvalue weighted by molar-refractivity contribution is 5.79. The summed E-state index contributed by atoms with van der Waals surface area (Å²) in [4.78, 5) is 11.3. The van der Waals surface area contributed by atoms with E-state index in [4.69, 9.17) is 4.74 Å². The van der Waals surface area contributed by atoms with E-state index in [0.717, 1.165) is 50.0 Å². The second-order valence-electron chi connectivity index (χ2n) is 8.87. The molecule has 0 aliphatic carbocycles. The molecule has 1 aromatic heterocycles. The monoisotopic (exact) mass is 423 g/mol. The van der Waals surface area contributed by atoms with E-state index in [1.165, 1.54) is 11.1 Å². The van der Waals surface area contributed by atoms with Gasteiger partial charge in [-0.1, -0.05) is 51.1 Å². The van der Waals surface area contributed by atoms with Crippen molar-refractivity contribution in [2.75, 3.05) is 38.2 Å². The smallest absolute Gasteiger partial charge is 0.191 e. The van der Waals surface area contributed by atoms with E-state index in [9.17, 15) is 0 Å². The summed E-state index contributed by atoms with van der Waals surface area (Å²) in [6.45, 7) is 12.8. The Bertz CT molecular complexity index is 845. The third-order valence-corrected chi connectivity index (χ3v) is 5.90. The number of rotatable bonds is 7. The van der Waals surface area contributed by atoms with Crippen molar-refractivity contribution < 1.29 is 4.74 Å². The molecule has 1 aromatic carbocycles. The number of hydrogen-bond donors (Lipinski definition) is 2. The van der Waals surface area contributed by atoms with Gasteiger partial charge in [-0.2, -0.15) is 0 Å². The summed E-state index contributed by atoms with van der Waals surface area (Å²) in [5, 5.41) is 6.87. The largest absolute Gasteiger partial charge is 0.375 e. The van der Waals surface area contributed by atoms with Gasteiger partial charge >= 0.3 is 0 Å². The van der Waals surface area contributed by atoms with Crippen LogP contribution in [0.1, 0.15) is 44.4 Å². The van der Waals surface area contributed by atoms with E-state index in [2.05, 4.69) is 89.6 Å². The van der Waals surface area contributed by atoms with E-state index in [-0.39, 0.29) is 11.5 Å². The second-order valence-corrected chi connectivity index (χ2v) is 8.87. The Morgan fingerprint density at radius 3 is 2.52 bits per heavy atom. The molecule has 3 rings (SSSR count). The third kappa shape index (κ3) is 6.44. The molecule has 2 aromatic rings. The van der Waals surface area contributed by atoms with E-state index in [1.54, 1.807) is 7.05 Å². The maximum atomic E-state index is 5.62. The summed E-state index contributed by atoms with van der Waals surface area (Å²) < 4.78 is 5.62. The minimum atomic E-state index is 0.00237. The number of pyridine rings is 1. The van der Waals surface area contributed by atoms with Crippen LogP contribution in [0.15, 0.2) is 47.6 Å². The van der Waals surface area contributed by atoms with Gasteiger partial charge in [0.25, 0.3) is 0 Å². The maximum absolute atomic E-state index is 5.62. The lowest BCUT2D eigenvalue weighted by Crippen LogP contribution is -2.43. The Balaban J connectivity index is 1.50. The molecule has 0 amide bonds. The summed E-state index contributed by atoms with van der Waals surface area (Å²) in [7, 11) is 1.80. The lowest BCUT2D eigenvalue weighted by molar-refractivity contribution is 0.0529. The summed E-state index contributed by atoms with van der Waals surface area (Å²) in [6.07, 6.45) is 3.26. The standard InChI is InChI=1S/C25H37N5O/c1-6-20-7-10-22(11-8-20)25(3,4)18-29-24(26-5)28-16-21-9-12-23(27-15-21)30-13-14-31-19(2)17-30/h7-12,15,19H,6,13-14,16-18H2,1-5H3,(H2,26,28,29). The number of aliphatic imine (C=N–C) groups is 1. The van der Waals surface area contributed by atoms with Gasteiger partial charge in [0.2, 0.25) is 0 Å². The van der Waals surface area contributed by atoms with Crippen LogP contribution in [-0.2, 0) is 23.1 Å². The van der Waals surface area contributed by atoms with Crippen LogP contribution in [0, 0.1) is 0 Å². The Morgan fingerprint density at radius 2 is 1.90 bits per heavy atom. The first-order valence-corrected chi connectivity index (χ1v) is 11.3. The zero-order valence-electron chi connectivity index (χ0n) is 19.6. The van der Waals surface area contributed by atoms with E-state index in [1.807, 2.05) is 6.20 Å². The number of guanidine groups is 1. The highest BCUT2D eigenvalue weighted by Gasteiger charge is 2.21. The number of nitrogens with one attached hydrogen (secondary N) is 2. The zero-order chi connectivity index (χ0) is 22.3. The number of hydrogen-bond acceptors (Lipinski definition) is 4. The first-order valence-electron chi connectivity index (χ1n) is 11.3. The second kappa shape index (κ2) is 10.6. The highest BCUT2D eigenvalue weighted by atomic mass is 16.5. The molecule has 6 nitrogen and oxygen atoms in total. The average molecular weight is 424 g/mol. The third-order valence-electron chi connectivity index (χ3n) is 5.90. The van der Waals surface area contributed by atoms with Gasteiger partial charge in [0, 0.05) is 44.8 Å². The summed E-state index contributed by atoms with van der Waals surface area (Å²) in [5.74, 6) is 1.81. The summed E-state index contributed by atoms with van der Waals surface area (Å²) in [5.41, 5.74) is 3.82. The topological polar surface area (TPSA) is 61.8 Å². The Labute approximate surface area is 187 Å². The molecule has 1 unspecified atom stereocenters. The molecular weight excluding hydrogens is 386 g/mol. The number of aryl methyl sites for hydroxylation is 1. The van der Waals surface area contributed by atoms with Crippen LogP contribution >= 0.6 is 0 Å². The van der Waals surface area contributed by atoms with Crippen molar-refractivity contribution in [3.8, 4) is 0 Å². The van der Waals surface area contributed by atoms with Crippen LogP contribution in [0.2, 0.25) is 0 Å². The first-order chi connectivity index (χ1) is 14.9. The normalized spacial score (nSPS) is 17.5. The minimum absolute atomic E-state index is 0.00237. The Hall–Kier alpha value is -2.60. The fourth-order valence-electron chi connectivity index (χ4n) is 3.74. The van der Waals surface area contributed by atoms with Crippen LogP contribution in [0.5, 0.6) is 0 Å². The zero-order valence-corrected chi connectivity index (χ0v) is 19.6. The molecule has 1 fully saturated rings. The fraction of sp³-hybridized carbons (Fsp3) is 0.520. The van der Waals surface area contributed by atoms with Crippen molar-refractivity contribution in [2.24, 2.45) is 4.99 Å². The van der Waals surface area contributed by atoms with Crippen molar-refractivity contribution in [3.05, 3.63) is 59.3 Å². The molecular formula is C25H37N5O. The summed E-state index contributed by atoms with van der Waals surface area (Å²) in [6, 6.07) is 13.1. The molecule has 0 spiro atoms. The molecule has 0 saturated carbocycles. The lowest BCUT2D eigenvalue weighted by Gasteiger charge is -2.32. The van der Waals surface area contributed by atoms with E-state index >= 15 is 0 Å². The predicted molar refractivity (Wildman–Crippen MR) is 129 cm³/mol. The van der Waals surface area contributed by atoms with Gasteiger partial charge in [-0.05, 0) is 36.1 Å². The quantitative estimate of drug-likeness (QED) is 0.527. The molecule has 2 heterocycles. The highest BCUT2D eigenvalue weighted by Crippen LogP contribution is 2.23. The molecule has 31 heavy (non-hydrogen) atoms. The number of anilines is 1. The fourth-order valence-corrected chi connectivity index (χ4v) is 3.74. The molecule has 1 atom stereocenters. The van der Waals surface area contributed by atoms with Crippen molar-refractivity contribution in [1.29, 1.82) is 0 Å². The Kier molecular flexibility index (Phi) is 7.91. The van der Waals surface area contributed by atoms with Crippen molar-refractivity contribution in [2.45, 2.75) is 52.2 Å². The molecule has 0 bridgehead atoms. The molecule has 1 saturated heterocycles. The van der Waals surface area contributed by atoms with Crippen molar-refractivity contribution in [3.63, 3.8) is 0 Å². The number of aromatic nitrogens is 1. The van der Waals surface area contributed by atoms with Crippen molar-refractivity contribution >= 4 is 11.8 Å². The molecule has 6 heteroatoms. The average Bonchev–Trinajstić information content (AvgIpc) is 2.79. The molecule has 1 aliphatic heterocycles. The van der Waals surface area contributed by atoms with Gasteiger partial charge in [-0.15, -0.1) is 0 Å². The Morgan fingerprint density at radius 1 is 1.16 bits per heavy atom. The van der Waals surface area contributed by atoms with Crippen molar-refractivity contribution in [1.82, 2.24) is 15.6 Å². The van der Waals surface area contributed by atoms with Crippen LogP contribution in [0.25, 0.3) is 0 Å². The first kappa shape index (κ1) is 23.1. The molecule has 1 aliphatic rings. The minimum Gasteiger partial charge on any atom is -0.375 e. The van der Waals surface area contributed by atoms with Gasteiger partial charge in [0.1, 0.15) is 5.82 Å². The van der Waals surface area contributed by atoms with Gasteiger partial charge in [0.15, 0.2) is 5.96 Å². The number of benzene rings is 1. The van der Waals surface area contributed by atoms with Gasteiger partial charge in [-0.3, -0.25) is 4.99 Å². The van der Waals surface area contributed by atoms with Gasteiger partial charge < -0.3 is 20.3 Å². The van der Waals surface area contributed by atoms with E-state index < -0.39 is 0 Å². The van der Waals surface area contributed by atoms with Crippen LogP contribution in [-0.4, -0.2) is 50.3 Å². The van der Waals surface area contributed by atoms with Crippen LogP contribution < -0.4 is 15.5 Å². The van der Waals surface area contributed by atoms with Gasteiger partial charge in [0.05, 0.1) is 12.7 Å². The maximum Gasteiger partial charge on any atom is 0.191 e. The number of ether oxygens (including phenoxy) is 1. The molecule has 0 radical (unpaired) electrons. The number of nitrogens with zero attached hydrogens (tertiary/aromatic N) is 3. The molecule has 2 N–H and O–H groups in total. The van der Waals surface area contributed by atoms with E-state index in [0.29, 0.717) is 6.54 Å². The lowest BCUT2D eigenvalue weighted by atomic mass is 9.84. The van der Waals surface area contributed by atoms with Crippen LogP contribution in [0.4, 0.5) is 5.82 Å². The van der Waals surface area contributed by atoms with Gasteiger partial charge in [-0.25, -0.2) is 4.98 Å². The summed E-state index contributed by atoms with van der Waals surface area (Å²) >= 11 is 0. The predicted octanol–water partition coefficient (Wildman–Crippen LogP) is 3.51.